The number of hydrogen-bond acceptors (Lipinski definition) is 6. The lowest BCUT2D eigenvalue weighted by Gasteiger charge is -2.02. The van der Waals surface area contributed by atoms with Crippen LogP contribution >= 0.6 is 0 Å². The van der Waals surface area contributed by atoms with E-state index in [1.165, 1.54) is 6.08 Å². The summed E-state index contributed by atoms with van der Waals surface area (Å²) in [5, 5.41) is 6.05. The normalized spacial score (nSPS) is 10.5. The van der Waals surface area contributed by atoms with Gasteiger partial charge in [0.1, 0.15) is 11.5 Å². The van der Waals surface area contributed by atoms with Crippen LogP contribution in [0.15, 0.2) is 40.9 Å². The van der Waals surface area contributed by atoms with Crippen molar-refractivity contribution in [1.82, 2.24) is 5.16 Å². The minimum absolute atomic E-state index is 0.274. The Bertz CT molecular complexity index is 721. The fourth-order valence-electron chi connectivity index (χ4n) is 1.70. The van der Waals surface area contributed by atoms with Crippen LogP contribution in [-0.4, -0.2) is 30.7 Å². The Morgan fingerprint density at radius 1 is 1.35 bits per heavy atom. The lowest BCUT2D eigenvalue weighted by atomic mass is 10.2. The molecule has 23 heavy (non-hydrogen) atoms. The van der Waals surface area contributed by atoms with Gasteiger partial charge in [0.05, 0.1) is 7.11 Å². The van der Waals surface area contributed by atoms with E-state index in [2.05, 4.69) is 10.5 Å². The lowest BCUT2D eigenvalue weighted by molar-refractivity contribution is -0.142. The standard InChI is InChI=1S/C16H16N2O5/c1-11-8-14(18-23-11)17-15(19)10-22-16(20)7-6-12-4-3-5-13(9-12)21-2/h3-9H,10H2,1-2H3,(H,17,18,19)/b7-6+. The summed E-state index contributed by atoms with van der Waals surface area (Å²) in [6, 6.07) is 8.74. The van der Waals surface area contributed by atoms with Gasteiger partial charge in [-0.2, -0.15) is 0 Å². The average Bonchev–Trinajstić information content (AvgIpc) is 2.96. The monoisotopic (exact) mass is 316 g/mol. The zero-order valence-corrected chi connectivity index (χ0v) is 12.7. The highest BCUT2D eigenvalue weighted by atomic mass is 16.5. The molecule has 0 fully saturated rings. The Kier molecular flexibility index (Phi) is 5.51. The van der Waals surface area contributed by atoms with E-state index in [4.69, 9.17) is 14.0 Å². The second kappa shape index (κ2) is 7.79. The van der Waals surface area contributed by atoms with Crippen LogP contribution in [0.1, 0.15) is 11.3 Å². The van der Waals surface area contributed by atoms with Gasteiger partial charge in [0.25, 0.3) is 5.91 Å². The number of methoxy groups -OCH3 is 1. The first-order valence-corrected chi connectivity index (χ1v) is 6.79. The summed E-state index contributed by atoms with van der Waals surface area (Å²) in [5.74, 6) is 0.400. The topological polar surface area (TPSA) is 90.7 Å². The van der Waals surface area contributed by atoms with Crippen LogP contribution in [0.5, 0.6) is 5.75 Å². The quantitative estimate of drug-likeness (QED) is 0.649. The number of nitrogens with one attached hydrogen (secondary N) is 1. The third kappa shape index (κ3) is 5.31. The van der Waals surface area contributed by atoms with Crippen molar-refractivity contribution in [2.24, 2.45) is 0 Å². The van der Waals surface area contributed by atoms with E-state index in [-0.39, 0.29) is 5.82 Å². The summed E-state index contributed by atoms with van der Waals surface area (Å²) in [4.78, 5) is 23.2. The number of anilines is 1. The van der Waals surface area contributed by atoms with Crippen molar-refractivity contribution >= 4 is 23.8 Å². The van der Waals surface area contributed by atoms with Gasteiger partial charge in [0, 0.05) is 12.1 Å². The molecule has 0 aliphatic carbocycles. The number of esters is 1. The summed E-state index contributed by atoms with van der Waals surface area (Å²) >= 11 is 0. The minimum atomic E-state index is -0.626. The third-order valence-corrected chi connectivity index (χ3v) is 2.75. The van der Waals surface area contributed by atoms with Gasteiger partial charge in [-0.3, -0.25) is 4.79 Å². The molecule has 1 aromatic heterocycles. The first kappa shape index (κ1) is 16.3. The van der Waals surface area contributed by atoms with Crippen LogP contribution in [0.4, 0.5) is 5.82 Å². The molecule has 1 N–H and O–H groups in total. The molecule has 0 radical (unpaired) electrons. The fraction of sp³-hybridized carbons (Fsp3) is 0.188. The number of carbonyl (C=O) groups excluding carboxylic acids is 2. The van der Waals surface area contributed by atoms with E-state index in [1.807, 2.05) is 6.07 Å². The summed E-state index contributed by atoms with van der Waals surface area (Å²) in [6.07, 6.45) is 2.81. The van der Waals surface area contributed by atoms with Crippen molar-refractivity contribution in [3.05, 3.63) is 47.7 Å². The predicted molar refractivity (Wildman–Crippen MR) is 82.9 cm³/mol. The van der Waals surface area contributed by atoms with Crippen molar-refractivity contribution in [2.45, 2.75) is 6.92 Å². The Labute approximate surface area is 132 Å². The van der Waals surface area contributed by atoms with Crippen molar-refractivity contribution in [3.63, 3.8) is 0 Å². The SMILES string of the molecule is COc1cccc(/C=C/C(=O)OCC(=O)Nc2cc(C)on2)c1. The van der Waals surface area contributed by atoms with E-state index < -0.39 is 18.5 Å². The van der Waals surface area contributed by atoms with E-state index in [1.54, 1.807) is 44.4 Å². The number of ether oxygens (including phenoxy) is 2. The van der Waals surface area contributed by atoms with Gasteiger partial charge in [-0.15, -0.1) is 0 Å². The Balaban J connectivity index is 1.80. The second-order valence-electron chi connectivity index (χ2n) is 4.59. The molecule has 2 rings (SSSR count). The van der Waals surface area contributed by atoms with Crippen LogP contribution in [0.2, 0.25) is 0 Å². The maximum Gasteiger partial charge on any atom is 0.331 e. The van der Waals surface area contributed by atoms with Crippen LogP contribution in [0.3, 0.4) is 0 Å². The molecule has 0 saturated carbocycles. The Hall–Kier alpha value is -3.09. The second-order valence-corrected chi connectivity index (χ2v) is 4.59. The molecule has 0 spiro atoms. The van der Waals surface area contributed by atoms with Gasteiger partial charge >= 0.3 is 5.97 Å². The summed E-state index contributed by atoms with van der Waals surface area (Å²) in [6.45, 7) is 1.29. The first-order valence-electron chi connectivity index (χ1n) is 6.79. The van der Waals surface area contributed by atoms with Gasteiger partial charge in [-0.1, -0.05) is 17.3 Å². The van der Waals surface area contributed by atoms with E-state index in [9.17, 15) is 9.59 Å². The van der Waals surface area contributed by atoms with Crippen LogP contribution < -0.4 is 10.1 Å². The molecule has 0 atom stereocenters. The molecule has 0 aliphatic rings. The number of aryl methyl sites for hydroxylation is 1. The highest BCUT2D eigenvalue weighted by Crippen LogP contribution is 2.13. The number of aromatic nitrogens is 1. The zero-order valence-electron chi connectivity index (χ0n) is 12.7. The molecule has 1 amide bonds. The molecule has 0 aliphatic heterocycles. The van der Waals surface area contributed by atoms with Crippen LogP contribution in [0.25, 0.3) is 6.08 Å². The molecule has 1 aromatic carbocycles. The van der Waals surface area contributed by atoms with Crippen molar-refractivity contribution in [3.8, 4) is 5.75 Å². The number of nitrogens with zero attached hydrogens (tertiary/aromatic N) is 1. The van der Waals surface area contributed by atoms with Crippen LogP contribution in [-0.2, 0) is 14.3 Å². The van der Waals surface area contributed by atoms with Gasteiger partial charge in [0.15, 0.2) is 12.4 Å². The molecule has 2 aromatic rings. The molecule has 7 nitrogen and oxygen atoms in total. The van der Waals surface area contributed by atoms with Gasteiger partial charge in [-0.25, -0.2) is 4.79 Å². The Morgan fingerprint density at radius 3 is 2.87 bits per heavy atom. The Morgan fingerprint density at radius 2 is 2.17 bits per heavy atom. The third-order valence-electron chi connectivity index (χ3n) is 2.75. The number of hydrogen-bond donors (Lipinski definition) is 1. The fourth-order valence-corrected chi connectivity index (χ4v) is 1.70. The maximum atomic E-state index is 11.6. The summed E-state index contributed by atoms with van der Waals surface area (Å²) in [5.41, 5.74) is 0.781. The molecule has 1 heterocycles. The molecule has 0 bridgehead atoms. The highest BCUT2D eigenvalue weighted by molar-refractivity contribution is 5.94. The van der Waals surface area contributed by atoms with Crippen LogP contribution in [0, 0.1) is 6.92 Å². The first-order chi connectivity index (χ1) is 11.1. The number of benzene rings is 1. The summed E-state index contributed by atoms with van der Waals surface area (Å²) < 4.78 is 14.7. The molecular formula is C16H16N2O5. The highest BCUT2D eigenvalue weighted by Gasteiger charge is 2.08. The van der Waals surface area contributed by atoms with Crippen molar-refractivity contribution < 1.29 is 23.6 Å². The molecule has 7 heteroatoms. The van der Waals surface area contributed by atoms with Gasteiger partial charge in [0.2, 0.25) is 0 Å². The average molecular weight is 316 g/mol. The van der Waals surface area contributed by atoms with E-state index >= 15 is 0 Å². The van der Waals surface area contributed by atoms with Gasteiger partial charge in [-0.05, 0) is 30.7 Å². The number of amides is 1. The largest absolute Gasteiger partial charge is 0.497 e. The molecular weight excluding hydrogens is 300 g/mol. The minimum Gasteiger partial charge on any atom is -0.497 e. The number of rotatable bonds is 6. The number of carbonyl (C=O) groups is 2. The predicted octanol–water partition coefficient (Wildman–Crippen LogP) is 2.19. The van der Waals surface area contributed by atoms with Gasteiger partial charge < -0.3 is 19.3 Å². The van der Waals surface area contributed by atoms with E-state index in [0.717, 1.165) is 5.56 Å². The van der Waals surface area contributed by atoms with E-state index in [0.29, 0.717) is 11.5 Å². The maximum absolute atomic E-state index is 11.6. The zero-order chi connectivity index (χ0) is 16.7. The molecule has 0 saturated heterocycles. The van der Waals surface area contributed by atoms with Crippen molar-refractivity contribution in [1.29, 1.82) is 0 Å². The molecule has 0 unspecified atom stereocenters. The smallest absolute Gasteiger partial charge is 0.331 e. The molecule has 120 valence electrons. The summed E-state index contributed by atoms with van der Waals surface area (Å²) in [7, 11) is 1.56. The lowest BCUT2D eigenvalue weighted by Crippen LogP contribution is -2.20. The van der Waals surface area contributed by atoms with Crippen molar-refractivity contribution in [2.75, 3.05) is 19.0 Å².